The van der Waals surface area contributed by atoms with Crippen LogP contribution in [0.1, 0.15) is 38.8 Å². The first-order chi connectivity index (χ1) is 16.8. The number of alkyl halides is 3. The zero-order valence-corrected chi connectivity index (χ0v) is 19.1. The summed E-state index contributed by atoms with van der Waals surface area (Å²) in [5.41, 5.74) is 7.76. The van der Waals surface area contributed by atoms with Gasteiger partial charge in [0, 0.05) is 24.2 Å². The van der Waals surface area contributed by atoms with Crippen molar-refractivity contribution >= 4 is 29.1 Å². The zero-order valence-electron chi connectivity index (χ0n) is 19.1. The molecule has 36 heavy (non-hydrogen) atoms. The summed E-state index contributed by atoms with van der Waals surface area (Å²) < 4.78 is 42.8. The van der Waals surface area contributed by atoms with Crippen LogP contribution in [-0.4, -0.2) is 42.5 Å². The van der Waals surface area contributed by atoms with Gasteiger partial charge in [0.15, 0.2) is 0 Å². The van der Waals surface area contributed by atoms with Crippen LogP contribution in [0, 0.1) is 10.1 Å². The molecule has 0 aliphatic heterocycles. The molecule has 0 unspecified atom stereocenters. The van der Waals surface area contributed by atoms with Crippen molar-refractivity contribution < 1.29 is 37.2 Å². The van der Waals surface area contributed by atoms with E-state index < -0.39 is 45.7 Å². The second-order valence-corrected chi connectivity index (χ2v) is 7.07. The lowest BCUT2D eigenvalue weighted by Crippen LogP contribution is -2.38. The molecule has 0 fully saturated rings. The summed E-state index contributed by atoms with van der Waals surface area (Å²) in [5, 5.41) is 11.2. The topological polar surface area (TPSA) is 166 Å². The number of methoxy groups -OCH3 is 1. The van der Waals surface area contributed by atoms with Gasteiger partial charge in [0.2, 0.25) is 5.78 Å². The van der Waals surface area contributed by atoms with Crippen molar-refractivity contribution in [1.82, 2.24) is 10.9 Å². The van der Waals surface area contributed by atoms with Crippen LogP contribution in [0.3, 0.4) is 0 Å². The van der Waals surface area contributed by atoms with E-state index in [2.05, 4.69) is 20.6 Å². The lowest BCUT2D eigenvalue weighted by atomic mass is 10.0. The molecule has 0 saturated heterocycles. The number of ether oxygens (including phenoxy) is 1. The number of esters is 1. The molecule has 190 valence electrons. The highest BCUT2D eigenvalue weighted by Crippen LogP contribution is 2.29. The third-order valence-electron chi connectivity index (χ3n) is 4.80. The van der Waals surface area contributed by atoms with E-state index in [4.69, 9.17) is 5.73 Å². The molecule has 0 heterocycles. The highest BCUT2D eigenvalue weighted by molar-refractivity contribution is 6.51. The fourth-order valence-electron chi connectivity index (χ4n) is 2.87. The van der Waals surface area contributed by atoms with Gasteiger partial charge < -0.3 is 15.9 Å². The molecular weight excluding hydrogens is 487 g/mol. The minimum absolute atomic E-state index is 0.0397. The number of halogens is 3. The molecule has 0 saturated carbocycles. The molecule has 11 nitrogen and oxygen atoms in total. The van der Waals surface area contributed by atoms with Gasteiger partial charge in [-0.1, -0.05) is 12.1 Å². The fourth-order valence-corrected chi connectivity index (χ4v) is 2.87. The molecule has 4 N–H and O–H groups in total. The Labute approximate surface area is 202 Å². The molecule has 0 aliphatic carbocycles. The van der Waals surface area contributed by atoms with Crippen LogP contribution in [0.2, 0.25) is 0 Å². The van der Waals surface area contributed by atoms with E-state index in [1.165, 1.54) is 14.0 Å². The highest BCUT2D eigenvalue weighted by atomic mass is 19.4. The number of hydrazine groups is 1. The Hall–Kier alpha value is -4.75. The lowest BCUT2D eigenvalue weighted by molar-refractivity contribution is -0.385. The Morgan fingerprint density at radius 2 is 1.64 bits per heavy atom. The number of nitro groups is 1. The number of Topliss-reactive ketones (excluding diaryl/α,β-unsaturated/α-hetero) is 1. The number of carbonyl (C=O) groups excluding carboxylic acids is 3. The van der Waals surface area contributed by atoms with Gasteiger partial charge >= 0.3 is 12.1 Å². The number of aliphatic imine (C=N–C) groups is 1. The number of nitrogens with one attached hydrogen (secondary N) is 2. The Balaban J connectivity index is 2.20. The molecule has 2 rings (SSSR count). The minimum atomic E-state index is -4.55. The predicted octanol–water partition coefficient (Wildman–Crippen LogP) is 2.51. The van der Waals surface area contributed by atoms with Crippen molar-refractivity contribution in [3.63, 3.8) is 0 Å². The molecule has 0 atom stereocenters. The van der Waals surface area contributed by atoms with Crippen LogP contribution in [0.4, 0.5) is 18.9 Å². The Kier molecular flexibility index (Phi) is 8.49. The van der Waals surface area contributed by atoms with Crippen LogP contribution < -0.4 is 16.6 Å². The number of carbonyl (C=O) groups is 3. The molecule has 0 radical (unpaired) electrons. The predicted molar refractivity (Wildman–Crippen MR) is 121 cm³/mol. The van der Waals surface area contributed by atoms with E-state index in [-0.39, 0.29) is 28.1 Å². The van der Waals surface area contributed by atoms with Crippen LogP contribution in [0.25, 0.3) is 0 Å². The number of rotatable bonds is 8. The van der Waals surface area contributed by atoms with Crippen molar-refractivity contribution in [2.75, 3.05) is 14.2 Å². The number of hydrogen-bond donors (Lipinski definition) is 3. The number of nitrogens with zero attached hydrogens (tertiary/aromatic N) is 2. The Bertz CT molecular complexity index is 1270. The molecule has 14 heteroatoms. The molecule has 2 aromatic carbocycles. The number of amides is 1. The molecule has 0 aromatic heterocycles. The van der Waals surface area contributed by atoms with E-state index >= 15 is 0 Å². The first-order valence-corrected chi connectivity index (χ1v) is 9.90. The van der Waals surface area contributed by atoms with Crippen molar-refractivity contribution in [1.29, 1.82) is 0 Å². The Morgan fingerprint density at radius 3 is 2.14 bits per heavy atom. The van der Waals surface area contributed by atoms with E-state index in [1.54, 1.807) is 0 Å². The SMILES string of the molecule is CN=C(C(=O)C(N)=C(C)NNC(=O)c1ccc(C(=O)OC)c([N+](=O)[O-])c1)c1ccc(C(F)(F)F)cc1. The van der Waals surface area contributed by atoms with E-state index in [1.807, 2.05) is 0 Å². The average Bonchev–Trinajstić information content (AvgIpc) is 2.85. The monoisotopic (exact) mass is 507 g/mol. The van der Waals surface area contributed by atoms with Crippen molar-refractivity contribution in [3.8, 4) is 0 Å². The molecule has 1 amide bonds. The lowest BCUT2D eigenvalue weighted by Gasteiger charge is -2.13. The van der Waals surface area contributed by atoms with Crippen LogP contribution in [0.15, 0.2) is 58.9 Å². The van der Waals surface area contributed by atoms with Crippen LogP contribution in [0.5, 0.6) is 0 Å². The number of nitro benzene ring substituents is 1. The standard InChI is InChI=1S/C22H20F3N5O6/c1-11(17(26)19(31)18(27-2)12-4-7-14(8-5-12)22(23,24)25)28-29-20(32)13-6-9-15(21(33)36-3)16(10-13)30(34)35/h4-10,28H,26H2,1-3H3,(H,29,32). The maximum atomic E-state index is 12.8. The van der Waals surface area contributed by atoms with Crippen LogP contribution in [-0.2, 0) is 15.7 Å². The van der Waals surface area contributed by atoms with Gasteiger partial charge in [-0.2, -0.15) is 13.2 Å². The van der Waals surface area contributed by atoms with Gasteiger partial charge in [-0.15, -0.1) is 0 Å². The second kappa shape index (κ2) is 11.1. The number of hydrogen-bond acceptors (Lipinski definition) is 9. The molecular formula is C22H20F3N5O6. The minimum Gasteiger partial charge on any atom is -0.465 e. The largest absolute Gasteiger partial charge is 0.465 e. The smallest absolute Gasteiger partial charge is 0.416 e. The summed E-state index contributed by atoms with van der Waals surface area (Å²) in [5.74, 6) is -2.64. The van der Waals surface area contributed by atoms with Crippen molar-refractivity contribution in [2.45, 2.75) is 13.1 Å². The normalized spacial score (nSPS) is 12.3. The van der Waals surface area contributed by atoms with Crippen molar-refractivity contribution in [3.05, 3.63) is 86.2 Å². The zero-order chi connectivity index (χ0) is 27.2. The summed E-state index contributed by atoms with van der Waals surface area (Å²) >= 11 is 0. The van der Waals surface area contributed by atoms with Gasteiger partial charge in [-0.05, 0) is 31.2 Å². The maximum absolute atomic E-state index is 12.8. The first-order valence-electron chi connectivity index (χ1n) is 9.90. The second-order valence-electron chi connectivity index (χ2n) is 7.07. The third-order valence-corrected chi connectivity index (χ3v) is 4.80. The Morgan fingerprint density at radius 1 is 1.06 bits per heavy atom. The van der Waals surface area contributed by atoms with Crippen LogP contribution >= 0.6 is 0 Å². The van der Waals surface area contributed by atoms with Gasteiger partial charge in [0.1, 0.15) is 17.0 Å². The van der Waals surface area contributed by atoms with Gasteiger partial charge in [-0.3, -0.25) is 30.1 Å². The first kappa shape index (κ1) is 27.5. The highest BCUT2D eigenvalue weighted by Gasteiger charge is 2.30. The number of benzene rings is 2. The van der Waals surface area contributed by atoms with E-state index in [0.29, 0.717) is 0 Å². The number of allylic oxidation sites excluding steroid dienone is 2. The molecule has 0 spiro atoms. The summed E-state index contributed by atoms with van der Waals surface area (Å²) in [4.78, 5) is 51.0. The van der Waals surface area contributed by atoms with E-state index in [0.717, 1.165) is 49.6 Å². The van der Waals surface area contributed by atoms with Gasteiger partial charge in [0.25, 0.3) is 11.6 Å². The summed E-state index contributed by atoms with van der Waals surface area (Å²) in [6.07, 6.45) is -4.55. The van der Waals surface area contributed by atoms with Gasteiger partial charge in [-0.25, -0.2) is 4.79 Å². The maximum Gasteiger partial charge on any atom is 0.416 e. The summed E-state index contributed by atoms with van der Waals surface area (Å²) in [6, 6.07) is 6.80. The molecule has 2 aromatic rings. The number of ketones is 1. The quantitative estimate of drug-likeness (QED) is 0.161. The van der Waals surface area contributed by atoms with E-state index in [9.17, 15) is 37.7 Å². The number of nitrogens with two attached hydrogens (primary N) is 1. The average molecular weight is 507 g/mol. The summed E-state index contributed by atoms with van der Waals surface area (Å²) in [6.45, 7) is 1.33. The van der Waals surface area contributed by atoms with Gasteiger partial charge in [0.05, 0.1) is 23.3 Å². The van der Waals surface area contributed by atoms with Crippen molar-refractivity contribution in [2.24, 2.45) is 10.7 Å². The molecule has 0 aliphatic rings. The molecule has 0 bridgehead atoms. The third kappa shape index (κ3) is 6.22. The summed E-state index contributed by atoms with van der Waals surface area (Å²) in [7, 11) is 2.30. The fraction of sp³-hybridized carbons (Fsp3) is 0.182.